The van der Waals surface area contributed by atoms with Crippen LogP contribution in [0.2, 0.25) is 5.15 Å². The minimum absolute atomic E-state index is 0.0553. The zero-order valence-electron chi connectivity index (χ0n) is 12.3. The molecule has 0 spiro atoms. The number of pyridine rings is 1. The van der Waals surface area contributed by atoms with Gasteiger partial charge in [0.15, 0.2) is 0 Å². The molecule has 0 aliphatic carbocycles. The van der Waals surface area contributed by atoms with Gasteiger partial charge in [0, 0.05) is 11.3 Å². The molecule has 2 rings (SSSR count). The second kappa shape index (κ2) is 7.23. The summed E-state index contributed by atoms with van der Waals surface area (Å²) >= 11 is 5.99. The molecule has 1 aromatic heterocycles. The first-order valence-electron chi connectivity index (χ1n) is 7.12. The molecule has 21 heavy (non-hydrogen) atoms. The topological polar surface area (TPSA) is 42.0 Å². The lowest BCUT2D eigenvalue weighted by molar-refractivity contribution is 0.0939. The molecule has 3 nitrogen and oxygen atoms in total. The van der Waals surface area contributed by atoms with Gasteiger partial charge in [-0.25, -0.2) is 4.98 Å². The van der Waals surface area contributed by atoms with Crippen LogP contribution in [0.15, 0.2) is 42.5 Å². The highest BCUT2D eigenvalue weighted by Gasteiger charge is 2.13. The summed E-state index contributed by atoms with van der Waals surface area (Å²) in [7, 11) is 0. The molecule has 0 fully saturated rings. The average Bonchev–Trinajstić information content (AvgIpc) is 2.48. The molecule has 0 saturated carbocycles. The Morgan fingerprint density at radius 3 is 2.67 bits per heavy atom. The van der Waals surface area contributed by atoms with Crippen LogP contribution >= 0.6 is 11.6 Å². The molecule has 0 radical (unpaired) electrons. The SMILES string of the molecule is CCCc1cc(C(=O)NC(C)c2ccccc2)cc(Cl)n1. The Hall–Kier alpha value is -1.87. The Morgan fingerprint density at radius 2 is 2.00 bits per heavy atom. The quantitative estimate of drug-likeness (QED) is 0.842. The number of carbonyl (C=O) groups excluding carboxylic acids is 1. The predicted molar refractivity (Wildman–Crippen MR) is 85.6 cm³/mol. The molecule has 110 valence electrons. The molecular formula is C17H19ClN2O. The van der Waals surface area contributed by atoms with E-state index in [1.165, 1.54) is 0 Å². The summed E-state index contributed by atoms with van der Waals surface area (Å²) in [5.74, 6) is -0.131. The van der Waals surface area contributed by atoms with Gasteiger partial charge < -0.3 is 5.32 Å². The van der Waals surface area contributed by atoms with Crippen molar-refractivity contribution in [1.82, 2.24) is 10.3 Å². The summed E-state index contributed by atoms with van der Waals surface area (Å²) in [6.45, 7) is 4.03. The monoisotopic (exact) mass is 302 g/mol. The number of rotatable bonds is 5. The van der Waals surface area contributed by atoms with E-state index in [4.69, 9.17) is 11.6 Å². The summed E-state index contributed by atoms with van der Waals surface area (Å²) in [5, 5.41) is 3.34. The number of halogens is 1. The fourth-order valence-corrected chi connectivity index (χ4v) is 2.40. The Bertz CT molecular complexity index is 613. The van der Waals surface area contributed by atoms with Crippen LogP contribution in [0, 0.1) is 0 Å². The maximum atomic E-state index is 12.3. The molecule has 1 amide bonds. The number of benzene rings is 1. The van der Waals surface area contributed by atoms with Crippen molar-refractivity contribution in [3.63, 3.8) is 0 Å². The average molecular weight is 303 g/mol. The molecular weight excluding hydrogens is 284 g/mol. The lowest BCUT2D eigenvalue weighted by atomic mass is 10.1. The number of nitrogens with one attached hydrogen (secondary N) is 1. The van der Waals surface area contributed by atoms with Gasteiger partial charge in [-0.2, -0.15) is 0 Å². The van der Waals surface area contributed by atoms with E-state index < -0.39 is 0 Å². The van der Waals surface area contributed by atoms with Crippen LogP contribution in [0.25, 0.3) is 0 Å². The van der Waals surface area contributed by atoms with Crippen molar-refractivity contribution in [3.8, 4) is 0 Å². The highest BCUT2D eigenvalue weighted by Crippen LogP contribution is 2.15. The van der Waals surface area contributed by atoms with Crippen molar-refractivity contribution in [2.24, 2.45) is 0 Å². The van der Waals surface area contributed by atoms with Gasteiger partial charge in [0.2, 0.25) is 0 Å². The first-order chi connectivity index (χ1) is 10.1. The van der Waals surface area contributed by atoms with E-state index in [1.807, 2.05) is 43.3 Å². The van der Waals surface area contributed by atoms with E-state index in [1.54, 1.807) is 6.07 Å². The summed E-state index contributed by atoms with van der Waals surface area (Å²) in [5.41, 5.74) is 2.48. The van der Waals surface area contributed by atoms with Crippen LogP contribution in [0.4, 0.5) is 0 Å². The number of carbonyl (C=O) groups is 1. The van der Waals surface area contributed by atoms with E-state index in [0.29, 0.717) is 10.7 Å². The van der Waals surface area contributed by atoms with Crippen LogP contribution in [0.1, 0.15) is 47.9 Å². The van der Waals surface area contributed by atoms with Gasteiger partial charge >= 0.3 is 0 Å². The van der Waals surface area contributed by atoms with E-state index >= 15 is 0 Å². The van der Waals surface area contributed by atoms with Crippen molar-refractivity contribution in [2.45, 2.75) is 32.7 Å². The first-order valence-corrected chi connectivity index (χ1v) is 7.50. The number of aromatic nitrogens is 1. The fourth-order valence-electron chi connectivity index (χ4n) is 2.17. The summed E-state index contributed by atoms with van der Waals surface area (Å²) in [4.78, 5) is 16.6. The minimum atomic E-state index is -0.131. The van der Waals surface area contributed by atoms with Gasteiger partial charge in [-0.15, -0.1) is 0 Å². The fraction of sp³-hybridized carbons (Fsp3) is 0.294. The lowest BCUT2D eigenvalue weighted by Gasteiger charge is -2.14. The van der Waals surface area contributed by atoms with Crippen LogP contribution < -0.4 is 5.32 Å². The standard InChI is InChI=1S/C17H19ClN2O/c1-3-7-15-10-14(11-16(18)20-15)17(21)19-12(2)13-8-5-4-6-9-13/h4-6,8-12H,3,7H2,1-2H3,(H,19,21). The predicted octanol–water partition coefficient (Wildman–Crippen LogP) is 4.18. The molecule has 2 aromatic rings. The van der Waals surface area contributed by atoms with Crippen LogP contribution in [0.3, 0.4) is 0 Å². The van der Waals surface area contributed by atoms with E-state index in [9.17, 15) is 4.79 Å². The second-order valence-electron chi connectivity index (χ2n) is 5.03. The maximum absolute atomic E-state index is 12.3. The molecule has 1 heterocycles. The van der Waals surface area contributed by atoms with Crippen LogP contribution in [-0.4, -0.2) is 10.9 Å². The van der Waals surface area contributed by atoms with E-state index in [0.717, 1.165) is 24.1 Å². The van der Waals surface area contributed by atoms with Crippen molar-refractivity contribution in [3.05, 3.63) is 64.4 Å². The molecule has 0 aliphatic rings. The van der Waals surface area contributed by atoms with Crippen molar-refractivity contribution in [1.29, 1.82) is 0 Å². The minimum Gasteiger partial charge on any atom is -0.346 e. The number of aryl methyl sites for hydroxylation is 1. The number of amides is 1. The number of hydrogen-bond acceptors (Lipinski definition) is 2. The maximum Gasteiger partial charge on any atom is 0.251 e. The molecule has 0 aliphatic heterocycles. The van der Waals surface area contributed by atoms with Gasteiger partial charge in [0.1, 0.15) is 5.15 Å². The van der Waals surface area contributed by atoms with Crippen molar-refractivity contribution in [2.75, 3.05) is 0 Å². The molecule has 1 atom stereocenters. The summed E-state index contributed by atoms with van der Waals surface area (Å²) in [6, 6.07) is 13.2. The van der Waals surface area contributed by atoms with Crippen molar-refractivity contribution >= 4 is 17.5 Å². The van der Waals surface area contributed by atoms with Gasteiger partial charge in [-0.1, -0.05) is 55.3 Å². The van der Waals surface area contributed by atoms with Crippen molar-refractivity contribution < 1.29 is 4.79 Å². The molecule has 0 bridgehead atoms. The normalized spacial score (nSPS) is 12.0. The third-order valence-electron chi connectivity index (χ3n) is 3.26. The highest BCUT2D eigenvalue weighted by molar-refractivity contribution is 6.29. The zero-order chi connectivity index (χ0) is 15.2. The molecule has 1 unspecified atom stereocenters. The van der Waals surface area contributed by atoms with Gasteiger partial charge in [0.25, 0.3) is 5.91 Å². The Balaban J connectivity index is 2.13. The zero-order valence-corrected chi connectivity index (χ0v) is 13.0. The Kier molecular flexibility index (Phi) is 5.34. The summed E-state index contributed by atoms with van der Waals surface area (Å²) in [6.07, 6.45) is 1.78. The first kappa shape index (κ1) is 15.5. The lowest BCUT2D eigenvalue weighted by Crippen LogP contribution is -2.26. The highest BCUT2D eigenvalue weighted by atomic mass is 35.5. The van der Waals surface area contributed by atoms with Gasteiger partial charge in [0.05, 0.1) is 6.04 Å². The second-order valence-corrected chi connectivity index (χ2v) is 5.41. The third kappa shape index (κ3) is 4.30. The molecule has 0 saturated heterocycles. The Labute approximate surface area is 130 Å². The van der Waals surface area contributed by atoms with Gasteiger partial charge in [-0.05, 0) is 31.0 Å². The number of hydrogen-bond donors (Lipinski definition) is 1. The van der Waals surface area contributed by atoms with E-state index in [-0.39, 0.29) is 11.9 Å². The molecule has 4 heteroatoms. The largest absolute Gasteiger partial charge is 0.346 e. The Morgan fingerprint density at radius 1 is 1.29 bits per heavy atom. The summed E-state index contributed by atoms with van der Waals surface area (Å²) < 4.78 is 0. The number of nitrogens with zero attached hydrogens (tertiary/aromatic N) is 1. The smallest absolute Gasteiger partial charge is 0.251 e. The van der Waals surface area contributed by atoms with Crippen LogP contribution in [-0.2, 0) is 6.42 Å². The van der Waals surface area contributed by atoms with E-state index in [2.05, 4.69) is 17.2 Å². The molecule has 1 aromatic carbocycles. The third-order valence-corrected chi connectivity index (χ3v) is 3.46. The molecule has 1 N–H and O–H groups in total. The van der Waals surface area contributed by atoms with Crippen LogP contribution in [0.5, 0.6) is 0 Å². The van der Waals surface area contributed by atoms with Gasteiger partial charge in [-0.3, -0.25) is 4.79 Å².